The zero-order chi connectivity index (χ0) is 20.5. The van der Waals surface area contributed by atoms with Crippen LogP contribution in [0.1, 0.15) is 17.4 Å². The first-order chi connectivity index (χ1) is 14.0. The van der Waals surface area contributed by atoms with E-state index in [1.807, 2.05) is 23.7 Å². The number of rotatable bonds is 5. The summed E-state index contributed by atoms with van der Waals surface area (Å²) in [5, 5.41) is 15.5. The van der Waals surface area contributed by atoms with Crippen molar-refractivity contribution in [1.82, 2.24) is 29.9 Å². The number of carbonyl (C=O) groups is 1. The summed E-state index contributed by atoms with van der Waals surface area (Å²) in [6.45, 7) is 2.61. The van der Waals surface area contributed by atoms with Crippen LogP contribution in [0.25, 0.3) is 22.0 Å². The van der Waals surface area contributed by atoms with Crippen molar-refractivity contribution in [3.63, 3.8) is 0 Å². The van der Waals surface area contributed by atoms with Crippen LogP contribution >= 0.6 is 0 Å². The van der Waals surface area contributed by atoms with Gasteiger partial charge >= 0.3 is 0 Å². The van der Waals surface area contributed by atoms with Gasteiger partial charge in [-0.3, -0.25) is 9.48 Å². The molecule has 29 heavy (non-hydrogen) atoms. The summed E-state index contributed by atoms with van der Waals surface area (Å²) in [5.74, 6) is -1.40. The Bertz CT molecular complexity index is 1220. The molecule has 0 aliphatic carbocycles. The van der Waals surface area contributed by atoms with E-state index >= 15 is 0 Å². The van der Waals surface area contributed by atoms with Gasteiger partial charge in [0.2, 0.25) is 11.9 Å². The number of carbonyl (C=O) groups excluding carboxylic acids is 1. The van der Waals surface area contributed by atoms with Gasteiger partial charge in [0.15, 0.2) is 11.5 Å². The number of hydrogen-bond acceptors (Lipinski definition) is 8. The second-order valence-electron chi connectivity index (χ2n) is 6.14. The van der Waals surface area contributed by atoms with E-state index in [-0.39, 0.29) is 17.5 Å². The van der Waals surface area contributed by atoms with E-state index in [1.165, 1.54) is 12.3 Å². The number of pyridine rings is 1. The number of nitrogens with zero attached hydrogens (tertiary/aromatic N) is 6. The SMILES string of the molecule is CCn1ncc2c(-c3ccc(F)nc3)cc(Nc3nc(N)nnc3C(N)=O)cc21. The Kier molecular flexibility index (Phi) is 4.47. The minimum atomic E-state index is -0.796. The summed E-state index contributed by atoms with van der Waals surface area (Å²) < 4.78 is 15.1. The third kappa shape index (κ3) is 3.40. The fourth-order valence-corrected chi connectivity index (χ4v) is 3.00. The molecule has 146 valence electrons. The summed E-state index contributed by atoms with van der Waals surface area (Å²) in [6.07, 6.45) is 3.18. The average Bonchev–Trinajstić information content (AvgIpc) is 3.11. The Morgan fingerprint density at radius 2 is 2.07 bits per heavy atom. The molecule has 1 aromatic carbocycles. The molecule has 5 N–H and O–H groups in total. The summed E-state index contributed by atoms with van der Waals surface area (Å²) in [4.78, 5) is 19.4. The number of anilines is 3. The quantitative estimate of drug-likeness (QED) is 0.435. The molecule has 0 aliphatic heterocycles. The maximum Gasteiger partial charge on any atom is 0.273 e. The van der Waals surface area contributed by atoms with Crippen LogP contribution in [-0.4, -0.2) is 35.9 Å². The summed E-state index contributed by atoms with van der Waals surface area (Å²) in [7, 11) is 0. The second kappa shape index (κ2) is 7.11. The zero-order valence-electron chi connectivity index (χ0n) is 15.3. The molecule has 0 bridgehead atoms. The lowest BCUT2D eigenvalue weighted by molar-refractivity contribution is 0.0995. The zero-order valence-corrected chi connectivity index (χ0v) is 15.3. The summed E-state index contributed by atoms with van der Waals surface area (Å²) in [5.41, 5.74) is 13.7. The predicted octanol–water partition coefficient (Wildman–Crippen LogP) is 1.87. The minimum Gasteiger partial charge on any atom is -0.366 e. The van der Waals surface area contributed by atoms with Gasteiger partial charge in [0.25, 0.3) is 5.91 Å². The number of benzene rings is 1. The average molecular weight is 393 g/mol. The Morgan fingerprint density at radius 3 is 2.76 bits per heavy atom. The van der Waals surface area contributed by atoms with Crippen LogP contribution in [0.15, 0.2) is 36.7 Å². The molecule has 0 radical (unpaired) electrons. The van der Waals surface area contributed by atoms with E-state index in [2.05, 4.69) is 30.6 Å². The molecular weight excluding hydrogens is 377 g/mol. The van der Waals surface area contributed by atoms with Crippen LogP contribution in [0.2, 0.25) is 0 Å². The highest BCUT2D eigenvalue weighted by Crippen LogP contribution is 2.33. The molecule has 10 nitrogen and oxygen atoms in total. The van der Waals surface area contributed by atoms with E-state index in [9.17, 15) is 9.18 Å². The molecule has 0 saturated carbocycles. The smallest absolute Gasteiger partial charge is 0.273 e. The first-order valence-corrected chi connectivity index (χ1v) is 8.64. The standard InChI is InChI=1S/C18H16FN9O/c1-2-28-13-6-10(24-17-15(16(20)29)26-27-18(21)25-17)5-11(12(13)8-23-28)9-3-4-14(19)22-7-9/h3-8H,2H2,1H3,(H2,20,29)(H3,21,24,25,27). The first kappa shape index (κ1) is 18.2. The Labute approximate surface area is 163 Å². The maximum atomic E-state index is 13.3. The van der Waals surface area contributed by atoms with Crippen molar-refractivity contribution in [2.75, 3.05) is 11.1 Å². The highest BCUT2D eigenvalue weighted by atomic mass is 19.1. The van der Waals surface area contributed by atoms with E-state index in [0.717, 1.165) is 16.5 Å². The number of fused-ring (bicyclic) bond motifs is 1. The van der Waals surface area contributed by atoms with E-state index in [1.54, 1.807) is 12.3 Å². The molecule has 0 spiro atoms. The van der Waals surface area contributed by atoms with Crippen molar-refractivity contribution < 1.29 is 9.18 Å². The van der Waals surface area contributed by atoms with Gasteiger partial charge in [-0.25, -0.2) is 4.98 Å². The molecule has 0 fully saturated rings. The van der Waals surface area contributed by atoms with Crippen molar-refractivity contribution in [3.8, 4) is 11.1 Å². The number of primary amides is 1. The fraction of sp³-hybridized carbons (Fsp3) is 0.111. The summed E-state index contributed by atoms with van der Waals surface area (Å²) >= 11 is 0. The number of aryl methyl sites for hydroxylation is 1. The van der Waals surface area contributed by atoms with Gasteiger partial charge in [-0.05, 0) is 36.8 Å². The van der Waals surface area contributed by atoms with Crippen LogP contribution in [0.4, 0.5) is 21.8 Å². The molecule has 0 atom stereocenters. The predicted molar refractivity (Wildman–Crippen MR) is 105 cm³/mol. The summed E-state index contributed by atoms with van der Waals surface area (Å²) in [6, 6.07) is 6.56. The lowest BCUT2D eigenvalue weighted by atomic mass is 10.0. The highest BCUT2D eigenvalue weighted by Gasteiger charge is 2.16. The van der Waals surface area contributed by atoms with E-state index < -0.39 is 11.9 Å². The maximum absolute atomic E-state index is 13.3. The van der Waals surface area contributed by atoms with Gasteiger partial charge in [0.1, 0.15) is 0 Å². The molecular formula is C18H16FN9O. The molecule has 4 rings (SSSR count). The highest BCUT2D eigenvalue weighted by molar-refractivity contribution is 5.99. The number of nitrogens with one attached hydrogen (secondary N) is 1. The third-order valence-corrected chi connectivity index (χ3v) is 4.30. The van der Waals surface area contributed by atoms with E-state index in [4.69, 9.17) is 11.5 Å². The minimum absolute atomic E-state index is 0.0788. The molecule has 11 heteroatoms. The van der Waals surface area contributed by atoms with E-state index in [0.29, 0.717) is 17.8 Å². The van der Waals surface area contributed by atoms with Gasteiger partial charge < -0.3 is 16.8 Å². The molecule has 0 aliphatic rings. The lowest BCUT2D eigenvalue weighted by Crippen LogP contribution is -2.18. The number of aromatic nitrogens is 6. The van der Waals surface area contributed by atoms with Gasteiger partial charge in [-0.1, -0.05) is 0 Å². The Balaban J connectivity index is 1.89. The van der Waals surface area contributed by atoms with Crippen LogP contribution in [0, 0.1) is 5.95 Å². The van der Waals surface area contributed by atoms with Crippen molar-refractivity contribution in [2.45, 2.75) is 13.5 Å². The van der Waals surface area contributed by atoms with Crippen LogP contribution in [0.3, 0.4) is 0 Å². The Hall–Kier alpha value is -4.15. The molecule has 0 saturated heterocycles. The monoisotopic (exact) mass is 393 g/mol. The molecule has 3 aromatic heterocycles. The molecule has 4 aromatic rings. The second-order valence-corrected chi connectivity index (χ2v) is 6.14. The molecule has 0 unspecified atom stereocenters. The van der Waals surface area contributed by atoms with Crippen molar-refractivity contribution >= 4 is 34.3 Å². The van der Waals surface area contributed by atoms with Crippen LogP contribution < -0.4 is 16.8 Å². The van der Waals surface area contributed by atoms with Crippen molar-refractivity contribution in [1.29, 1.82) is 0 Å². The van der Waals surface area contributed by atoms with Gasteiger partial charge in [-0.15, -0.1) is 10.2 Å². The topological polar surface area (TPSA) is 151 Å². The lowest BCUT2D eigenvalue weighted by Gasteiger charge is -2.12. The number of nitrogen functional groups attached to an aromatic ring is 1. The fourth-order valence-electron chi connectivity index (χ4n) is 3.00. The Morgan fingerprint density at radius 1 is 1.24 bits per heavy atom. The number of amides is 1. The van der Waals surface area contributed by atoms with Crippen LogP contribution in [0.5, 0.6) is 0 Å². The number of hydrogen-bond donors (Lipinski definition) is 3. The largest absolute Gasteiger partial charge is 0.366 e. The normalized spacial score (nSPS) is 11.0. The first-order valence-electron chi connectivity index (χ1n) is 8.64. The molecule has 1 amide bonds. The van der Waals surface area contributed by atoms with Crippen molar-refractivity contribution in [2.24, 2.45) is 5.73 Å². The third-order valence-electron chi connectivity index (χ3n) is 4.30. The number of nitrogens with two attached hydrogens (primary N) is 2. The van der Waals surface area contributed by atoms with Gasteiger partial charge in [-0.2, -0.15) is 14.5 Å². The molecule has 3 heterocycles. The number of halogens is 1. The van der Waals surface area contributed by atoms with Crippen LogP contribution in [-0.2, 0) is 6.54 Å². The van der Waals surface area contributed by atoms with Crippen molar-refractivity contribution in [3.05, 3.63) is 48.3 Å². The van der Waals surface area contributed by atoms with Gasteiger partial charge in [0, 0.05) is 29.4 Å². The van der Waals surface area contributed by atoms with Gasteiger partial charge in [0.05, 0.1) is 11.7 Å².